The molecule has 0 saturated heterocycles. The summed E-state index contributed by atoms with van der Waals surface area (Å²) < 4.78 is 4.81. The lowest BCUT2D eigenvalue weighted by Gasteiger charge is -2.37. The molecular formula is C38H51N5O7. The van der Waals surface area contributed by atoms with E-state index in [9.17, 15) is 24.3 Å². The second-order valence-electron chi connectivity index (χ2n) is 13.9. The van der Waals surface area contributed by atoms with E-state index in [1.165, 1.54) is 7.11 Å². The van der Waals surface area contributed by atoms with Gasteiger partial charge in [-0.2, -0.15) is 0 Å². The molecule has 0 spiro atoms. The summed E-state index contributed by atoms with van der Waals surface area (Å²) in [5, 5.41) is 31.7. The van der Waals surface area contributed by atoms with E-state index < -0.39 is 66.1 Å². The van der Waals surface area contributed by atoms with Gasteiger partial charge in [-0.1, -0.05) is 95.3 Å². The third-order valence-corrected chi connectivity index (χ3v) is 8.56. The molecule has 1 heterocycles. The highest BCUT2D eigenvalue weighted by Gasteiger charge is 2.37. The Bertz CT molecular complexity index is 1530. The SMILES string of the molecule is COC(=O)N[C@H](C(=O)N[C@H](Cc1ccc(-c2ccccn2)cc1)C[C@H](C(O)C(C)C)[C@H](Cc1ccccc1)NC(=O)CNC(=O)O)C(C)(C)C. The highest BCUT2D eigenvalue weighted by molar-refractivity contribution is 5.86. The summed E-state index contributed by atoms with van der Waals surface area (Å²) in [6, 6.07) is 20.9. The predicted octanol–water partition coefficient (Wildman–Crippen LogP) is 4.56. The zero-order valence-electron chi connectivity index (χ0n) is 29.7. The molecule has 0 aliphatic carbocycles. The average molecular weight is 690 g/mol. The van der Waals surface area contributed by atoms with Crippen LogP contribution >= 0.6 is 0 Å². The van der Waals surface area contributed by atoms with E-state index in [2.05, 4.69) is 26.3 Å². The Morgan fingerprint density at radius 2 is 1.48 bits per heavy atom. The molecule has 50 heavy (non-hydrogen) atoms. The first-order valence-electron chi connectivity index (χ1n) is 16.8. The van der Waals surface area contributed by atoms with Crippen LogP contribution in [0.2, 0.25) is 0 Å². The molecular weight excluding hydrogens is 638 g/mol. The predicted molar refractivity (Wildman–Crippen MR) is 191 cm³/mol. The Morgan fingerprint density at radius 1 is 0.840 bits per heavy atom. The van der Waals surface area contributed by atoms with Gasteiger partial charge in [-0.25, -0.2) is 9.59 Å². The number of carboxylic acid groups (broad SMARTS) is 1. The molecule has 270 valence electrons. The molecule has 6 N–H and O–H groups in total. The van der Waals surface area contributed by atoms with Crippen molar-refractivity contribution in [1.82, 2.24) is 26.3 Å². The Hall–Kier alpha value is -4.97. The lowest BCUT2D eigenvalue weighted by Crippen LogP contribution is -2.57. The first-order valence-corrected chi connectivity index (χ1v) is 16.8. The van der Waals surface area contributed by atoms with E-state index in [1.807, 2.05) is 107 Å². The van der Waals surface area contributed by atoms with E-state index in [-0.39, 0.29) is 12.3 Å². The van der Waals surface area contributed by atoms with Crippen LogP contribution in [0.3, 0.4) is 0 Å². The minimum absolute atomic E-state index is 0.218. The van der Waals surface area contributed by atoms with Crippen molar-refractivity contribution in [3.8, 4) is 11.3 Å². The number of carbonyl (C=O) groups is 4. The largest absolute Gasteiger partial charge is 0.465 e. The van der Waals surface area contributed by atoms with Crippen molar-refractivity contribution in [2.45, 2.75) is 78.1 Å². The van der Waals surface area contributed by atoms with Gasteiger partial charge in [-0.05, 0) is 53.9 Å². The van der Waals surface area contributed by atoms with Gasteiger partial charge in [0.1, 0.15) is 6.04 Å². The van der Waals surface area contributed by atoms with Crippen molar-refractivity contribution in [3.05, 3.63) is 90.1 Å². The zero-order chi connectivity index (χ0) is 36.8. The number of hydrogen-bond acceptors (Lipinski definition) is 7. The van der Waals surface area contributed by atoms with Gasteiger partial charge in [0.25, 0.3) is 0 Å². The van der Waals surface area contributed by atoms with Crippen LogP contribution in [0.4, 0.5) is 9.59 Å². The molecule has 0 bridgehead atoms. The van der Waals surface area contributed by atoms with Crippen molar-refractivity contribution in [1.29, 1.82) is 0 Å². The molecule has 3 rings (SSSR count). The second kappa shape index (κ2) is 18.7. The quantitative estimate of drug-likeness (QED) is 0.127. The number of hydrogen-bond donors (Lipinski definition) is 6. The smallest absolute Gasteiger partial charge is 0.407 e. The van der Waals surface area contributed by atoms with Crippen molar-refractivity contribution >= 4 is 24.0 Å². The van der Waals surface area contributed by atoms with Crippen LogP contribution in [0.1, 0.15) is 52.2 Å². The van der Waals surface area contributed by atoms with E-state index in [0.29, 0.717) is 12.8 Å². The Labute approximate surface area is 294 Å². The maximum absolute atomic E-state index is 14.0. The minimum Gasteiger partial charge on any atom is -0.465 e. The highest BCUT2D eigenvalue weighted by atomic mass is 16.5. The van der Waals surface area contributed by atoms with Crippen LogP contribution < -0.4 is 21.3 Å². The highest BCUT2D eigenvalue weighted by Crippen LogP contribution is 2.28. The molecule has 1 unspecified atom stereocenters. The number of amides is 4. The summed E-state index contributed by atoms with van der Waals surface area (Å²) in [6.07, 6.45) is -0.287. The van der Waals surface area contributed by atoms with Crippen molar-refractivity contribution in [2.75, 3.05) is 13.7 Å². The van der Waals surface area contributed by atoms with E-state index >= 15 is 0 Å². The first kappa shape index (κ1) is 39.5. The van der Waals surface area contributed by atoms with Crippen LogP contribution in [0, 0.1) is 17.3 Å². The van der Waals surface area contributed by atoms with Gasteiger partial charge in [0.05, 0.1) is 25.5 Å². The average Bonchev–Trinajstić information content (AvgIpc) is 3.08. The minimum atomic E-state index is -1.33. The van der Waals surface area contributed by atoms with Crippen molar-refractivity contribution in [3.63, 3.8) is 0 Å². The van der Waals surface area contributed by atoms with Crippen LogP contribution in [-0.4, -0.2) is 77.1 Å². The molecule has 0 aliphatic rings. The number of ether oxygens (including phenoxy) is 1. The molecule has 5 atom stereocenters. The van der Waals surface area contributed by atoms with Crippen LogP contribution in [0.15, 0.2) is 79.0 Å². The molecule has 4 amide bonds. The van der Waals surface area contributed by atoms with Crippen LogP contribution in [-0.2, 0) is 27.2 Å². The van der Waals surface area contributed by atoms with Gasteiger partial charge in [0.15, 0.2) is 0 Å². The summed E-state index contributed by atoms with van der Waals surface area (Å²) >= 11 is 0. The van der Waals surface area contributed by atoms with Gasteiger partial charge in [0.2, 0.25) is 11.8 Å². The summed E-state index contributed by atoms with van der Waals surface area (Å²) in [6.45, 7) is 8.80. The van der Waals surface area contributed by atoms with Gasteiger partial charge in [-0.15, -0.1) is 0 Å². The Kier molecular flexibility index (Phi) is 14.8. The maximum Gasteiger partial charge on any atom is 0.407 e. The van der Waals surface area contributed by atoms with E-state index in [1.54, 1.807) is 6.20 Å². The molecule has 0 radical (unpaired) electrons. The second-order valence-corrected chi connectivity index (χ2v) is 13.9. The molecule has 1 aromatic heterocycles. The van der Waals surface area contributed by atoms with Gasteiger partial charge >= 0.3 is 12.2 Å². The number of nitrogens with zero attached hydrogens (tertiary/aromatic N) is 1. The number of aliphatic hydroxyl groups excluding tert-OH is 1. The molecule has 2 aromatic carbocycles. The summed E-state index contributed by atoms with van der Waals surface area (Å²) in [4.78, 5) is 54.8. The molecule has 12 heteroatoms. The third-order valence-electron chi connectivity index (χ3n) is 8.56. The normalized spacial score (nSPS) is 14.4. The summed E-state index contributed by atoms with van der Waals surface area (Å²) in [5.74, 6) is -1.77. The fraction of sp³-hybridized carbons (Fsp3) is 0.447. The van der Waals surface area contributed by atoms with Gasteiger partial charge < -0.3 is 36.2 Å². The summed E-state index contributed by atoms with van der Waals surface area (Å²) in [7, 11) is 1.23. The number of carbonyl (C=O) groups excluding carboxylic acids is 3. The summed E-state index contributed by atoms with van der Waals surface area (Å²) in [5.41, 5.74) is 2.90. The molecule has 0 saturated carbocycles. The Morgan fingerprint density at radius 3 is 2.04 bits per heavy atom. The van der Waals surface area contributed by atoms with Crippen LogP contribution in [0.5, 0.6) is 0 Å². The van der Waals surface area contributed by atoms with Crippen LogP contribution in [0.25, 0.3) is 11.3 Å². The molecule has 0 fully saturated rings. The first-order chi connectivity index (χ1) is 23.7. The fourth-order valence-electron chi connectivity index (χ4n) is 5.92. The number of methoxy groups -OCH3 is 1. The maximum atomic E-state index is 14.0. The number of aliphatic hydroxyl groups is 1. The molecule has 3 aromatic rings. The van der Waals surface area contributed by atoms with Gasteiger partial charge in [0, 0.05) is 29.8 Å². The number of pyridine rings is 1. The Balaban J connectivity index is 2.03. The number of nitrogens with one attached hydrogen (secondary N) is 4. The monoisotopic (exact) mass is 689 g/mol. The van der Waals surface area contributed by atoms with E-state index in [0.717, 1.165) is 22.4 Å². The van der Waals surface area contributed by atoms with E-state index in [4.69, 9.17) is 9.84 Å². The van der Waals surface area contributed by atoms with Gasteiger partial charge in [-0.3, -0.25) is 14.6 Å². The molecule has 12 nitrogen and oxygen atoms in total. The molecule has 0 aliphatic heterocycles. The van der Waals surface area contributed by atoms with Crippen molar-refractivity contribution < 1.29 is 34.1 Å². The third kappa shape index (κ3) is 12.5. The topological polar surface area (TPSA) is 179 Å². The number of alkyl carbamates (subject to hydrolysis) is 1. The number of aromatic nitrogens is 1. The number of benzene rings is 2. The lowest BCUT2D eigenvalue weighted by atomic mass is 9.79. The number of rotatable bonds is 16. The zero-order valence-corrected chi connectivity index (χ0v) is 29.7. The fourth-order valence-corrected chi connectivity index (χ4v) is 5.92. The lowest BCUT2D eigenvalue weighted by molar-refractivity contribution is -0.127. The standard InChI is InChI=1S/C38H51N5O7/c1-24(2)33(45)29(31(21-25-12-8-7-9-13-25)42-32(44)23-40-36(47)48)22-28(41-35(46)34(38(3,4)5)43-37(49)50-6)20-26-15-17-27(18-16-26)30-14-10-11-19-39-30/h7-19,24,28-29,31,33-34,40,45H,20-23H2,1-6H3,(H,41,46)(H,42,44)(H,43,49)(H,47,48)/t28-,29+,31+,33?,34-/m1/s1. The van der Waals surface area contributed by atoms with Crippen molar-refractivity contribution in [2.24, 2.45) is 17.3 Å².